The van der Waals surface area contributed by atoms with Gasteiger partial charge in [-0.15, -0.1) is 0 Å². The van der Waals surface area contributed by atoms with Gasteiger partial charge in [-0.2, -0.15) is 0 Å². The number of hydrogen-bond donors (Lipinski definition) is 1. The van der Waals surface area contributed by atoms with Crippen molar-refractivity contribution >= 4 is 11.9 Å². The summed E-state index contributed by atoms with van der Waals surface area (Å²) in [5, 5.41) is 9.71. The third-order valence-electron chi connectivity index (χ3n) is 16.3. The highest BCUT2D eigenvalue weighted by Gasteiger charge is 2.16. The van der Waals surface area contributed by atoms with Crippen LogP contribution in [0.1, 0.15) is 386 Å². The van der Waals surface area contributed by atoms with E-state index in [0.29, 0.717) is 12.8 Å². The van der Waals surface area contributed by atoms with Crippen LogP contribution in [0, 0.1) is 0 Å². The quantitative estimate of drug-likeness (QED) is 0.0373. The van der Waals surface area contributed by atoms with Gasteiger partial charge in [0.1, 0.15) is 6.61 Å². The normalized spacial score (nSPS) is 12.5. The Morgan fingerprint density at radius 3 is 0.812 bits per heavy atom. The van der Waals surface area contributed by atoms with Crippen molar-refractivity contribution in [2.24, 2.45) is 0 Å². The van der Waals surface area contributed by atoms with Crippen molar-refractivity contribution in [3.63, 3.8) is 0 Å². The summed E-state index contributed by atoms with van der Waals surface area (Å²) in [5.41, 5.74) is 0. The SMILES string of the molecule is CC/C=C\C/C=C\C/C=C\C/C=C\C/C=C\CCCCCCCCCCCCCCCCCCCCCCCCCC(=O)OC(CO)COC(=O)CCCCCCCCCCCCCCCCCCCCCCCCCCCCC. The molecule has 0 aliphatic carbocycles. The first-order valence-corrected chi connectivity index (χ1v) is 35.8. The van der Waals surface area contributed by atoms with Crippen LogP contribution in [-0.2, 0) is 19.1 Å². The molecule has 1 atom stereocenters. The monoisotopic (exact) mass is 1120 g/mol. The number of aliphatic hydroxyl groups excluding tert-OH is 1. The molecule has 0 aromatic rings. The first-order valence-electron chi connectivity index (χ1n) is 35.8. The Morgan fingerprint density at radius 2 is 0.537 bits per heavy atom. The number of aliphatic hydroxyl groups is 1. The second kappa shape index (κ2) is 70.9. The largest absolute Gasteiger partial charge is 0.462 e. The van der Waals surface area contributed by atoms with Crippen LogP contribution in [0.25, 0.3) is 0 Å². The zero-order valence-corrected chi connectivity index (χ0v) is 53.9. The Morgan fingerprint density at radius 1 is 0.300 bits per heavy atom. The molecule has 0 saturated carbocycles. The van der Waals surface area contributed by atoms with Crippen LogP contribution in [0.3, 0.4) is 0 Å². The summed E-state index contributed by atoms with van der Waals surface area (Å²) < 4.78 is 10.8. The van der Waals surface area contributed by atoms with E-state index in [1.807, 2.05) is 0 Å². The van der Waals surface area contributed by atoms with Crippen LogP contribution in [0.2, 0.25) is 0 Å². The Kier molecular flexibility index (Phi) is 68.7. The average molecular weight is 1120 g/mol. The van der Waals surface area contributed by atoms with Crippen LogP contribution in [0.5, 0.6) is 0 Å². The van der Waals surface area contributed by atoms with Crippen LogP contribution in [0.4, 0.5) is 0 Å². The first-order chi connectivity index (χ1) is 39.6. The lowest BCUT2D eigenvalue weighted by molar-refractivity contribution is -0.161. The fraction of sp³-hybridized carbons (Fsp3) is 0.840. The van der Waals surface area contributed by atoms with Crippen molar-refractivity contribution < 1.29 is 24.2 Å². The minimum Gasteiger partial charge on any atom is -0.462 e. The lowest BCUT2D eigenvalue weighted by Crippen LogP contribution is -2.28. The molecule has 0 aliphatic rings. The number of unbranched alkanes of at least 4 members (excludes halogenated alkanes) is 49. The van der Waals surface area contributed by atoms with Gasteiger partial charge in [-0.05, 0) is 57.8 Å². The fourth-order valence-corrected chi connectivity index (χ4v) is 11.0. The summed E-state index contributed by atoms with van der Waals surface area (Å²) in [6.07, 6.45) is 97.0. The molecule has 0 aliphatic heterocycles. The molecule has 0 radical (unpaired) electrons. The van der Waals surface area contributed by atoms with Gasteiger partial charge in [-0.25, -0.2) is 0 Å². The smallest absolute Gasteiger partial charge is 0.306 e. The summed E-state index contributed by atoms with van der Waals surface area (Å²) in [6, 6.07) is 0. The van der Waals surface area contributed by atoms with Crippen molar-refractivity contribution in [1.29, 1.82) is 0 Å². The van der Waals surface area contributed by atoms with E-state index in [4.69, 9.17) is 9.47 Å². The molecule has 0 saturated heterocycles. The number of carbonyl (C=O) groups is 2. The maximum absolute atomic E-state index is 12.4. The molecule has 5 nitrogen and oxygen atoms in total. The Balaban J connectivity index is 3.39. The maximum Gasteiger partial charge on any atom is 0.306 e. The molecule has 0 fully saturated rings. The molecular formula is C75H138O5. The van der Waals surface area contributed by atoms with Gasteiger partial charge in [0.25, 0.3) is 0 Å². The van der Waals surface area contributed by atoms with Crippen LogP contribution < -0.4 is 0 Å². The van der Waals surface area contributed by atoms with Gasteiger partial charge in [0, 0.05) is 12.8 Å². The fourth-order valence-electron chi connectivity index (χ4n) is 11.0. The van der Waals surface area contributed by atoms with E-state index in [1.165, 1.54) is 295 Å². The lowest BCUT2D eigenvalue weighted by Gasteiger charge is -2.15. The van der Waals surface area contributed by atoms with Crippen molar-refractivity contribution in [3.8, 4) is 0 Å². The highest BCUT2D eigenvalue weighted by atomic mass is 16.6. The molecule has 1 N–H and O–H groups in total. The Hall–Kier alpha value is -2.40. The van der Waals surface area contributed by atoms with Gasteiger partial charge in [0.05, 0.1) is 6.61 Å². The minimum absolute atomic E-state index is 0.0591. The number of esters is 2. The number of hydrogen-bond acceptors (Lipinski definition) is 5. The number of carbonyl (C=O) groups excluding carboxylic acids is 2. The predicted molar refractivity (Wildman–Crippen MR) is 353 cm³/mol. The van der Waals surface area contributed by atoms with Gasteiger partial charge >= 0.3 is 11.9 Å². The third-order valence-corrected chi connectivity index (χ3v) is 16.3. The van der Waals surface area contributed by atoms with Crippen molar-refractivity contribution in [3.05, 3.63) is 60.8 Å². The average Bonchev–Trinajstić information content (AvgIpc) is 3.46. The molecular weight excluding hydrogens is 981 g/mol. The van der Waals surface area contributed by atoms with E-state index in [-0.39, 0.29) is 25.2 Å². The second-order valence-corrected chi connectivity index (χ2v) is 24.3. The number of allylic oxidation sites excluding steroid dienone is 10. The molecule has 0 bridgehead atoms. The zero-order chi connectivity index (χ0) is 57.6. The van der Waals surface area contributed by atoms with Crippen molar-refractivity contribution in [2.45, 2.75) is 392 Å². The van der Waals surface area contributed by atoms with Gasteiger partial charge < -0.3 is 14.6 Å². The minimum atomic E-state index is -0.770. The van der Waals surface area contributed by atoms with E-state index in [9.17, 15) is 14.7 Å². The number of rotatable bonds is 67. The summed E-state index contributed by atoms with van der Waals surface area (Å²) >= 11 is 0. The molecule has 468 valence electrons. The Labute approximate surface area is 500 Å². The summed E-state index contributed by atoms with van der Waals surface area (Å²) in [5.74, 6) is -0.565. The van der Waals surface area contributed by atoms with E-state index in [1.54, 1.807) is 0 Å². The van der Waals surface area contributed by atoms with E-state index < -0.39 is 6.10 Å². The molecule has 80 heavy (non-hydrogen) atoms. The highest BCUT2D eigenvalue weighted by molar-refractivity contribution is 5.70. The summed E-state index contributed by atoms with van der Waals surface area (Å²) in [7, 11) is 0. The maximum atomic E-state index is 12.4. The van der Waals surface area contributed by atoms with E-state index in [2.05, 4.69) is 74.6 Å². The number of ether oxygens (including phenoxy) is 2. The molecule has 0 aromatic heterocycles. The van der Waals surface area contributed by atoms with Crippen molar-refractivity contribution in [2.75, 3.05) is 13.2 Å². The van der Waals surface area contributed by atoms with E-state index >= 15 is 0 Å². The molecule has 0 rings (SSSR count). The zero-order valence-electron chi connectivity index (χ0n) is 53.9. The first kappa shape index (κ1) is 77.6. The molecule has 0 amide bonds. The van der Waals surface area contributed by atoms with Crippen molar-refractivity contribution in [1.82, 2.24) is 0 Å². The Bertz CT molecular complexity index is 1360. The topological polar surface area (TPSA) is 72.8 Å². The van der Waals surface area contributed by atoms with E-state index in [0.717, 1.165) is 64.2 Å². The molecule has 0 heterocycles. The molecule has 5 heteroatoms. The lowest BCUT2D eigenvalue weighted by atomic mass is 10.0. The van der Waals surface area contributed by atoms with Gasteiger partial charge in [0.15, 0.2) is 6.10 Å². The third kappa shape index (κ3) is 68.1. The van der Waals surface area contributed by atoms with Gasteiger partial charge in [0.2, 0.25) is 0 Å². The summed E-state index contributed by atoms with van der Waals surface area (Å²) in [4.78, 5) is 24.7. The summed E-state index contributed by atoms with van der Waals surface area (Å²) in [6.45, 7) is 4.09. The van der Waals surface area contributed by atoms with Crippen LogP contribution in [-0.4, -0.2) is 36.4 Å². The second-order valence-electron chi connectivity index (χ2n) is 24.3. The molecule has 0 spiro atoms. The predicted octanol–water partition coefficient (Wildman–Crippen LogP) is 24.9. The molecule has 0 aromatic carbocycles. The van der Waals surface area contributed by atoms with Crippen LogP contribution in [0.15, 0.2) is 60.8 Å². The standard InChI is InChI=1S/C75H138O5/c1-3-5-7-9-11-13-15-17-19-21-23-25-27-29-31-32-33-34-35-36-37-38-39-40-41-42-44-46-48-50-52-54-56-58-60-62-64-66-68-70-75(78)80-73(71-76)72-79-74(77)69-67-65-63-61-59-57-55-53-51-49-47-45-43-30-28-26-24-22-20-18-16-14-12-10-8-6-4-2/h5,7,11,13,17,19,23,25,29,31,73,76H,3-4,6,8-10,12,14-16,18,20-22,24,26-28,30,32-72H2,1-2H3/b7-5-,13-11-,19-17-,25-23-,31-29-. The highest BCUT2D eigenvalue weighted by Crippen LogP contribution is 2.19. The van der Waals surface area contributed by atoms with Gasteiger partial charge in [-0.1, -0.05) is 376 Å². The van der Waals surface area contributed by atoms with Gasteiger partial charge in [-0.3, -0.25) is 9.59 Å². The molecule has 1 unspecified atom stereocenters. The van der Waals surface area contributed by atoms with Crippen LogP contribution >= 0.6 is 0 Å².